The first-order valence-corrected chi connectivity index (χ1v) is 6.99. The molecule has 3 unspecified atom stereocenters. The van der Waals surface area contributed by atoms with Gasteiger partial charge in [0.1, 0.15) is 6.04 Å². The van der Waals surface area contributed by atoms with Gasteiger partial charge in [0.25, 0.3) is 0 Å². The highest BCUT2D eigenvalue weighted by Crippen LogP contribution is 2.22. The van der Waals surface area contributed by atoms with Crippen LogP contribution < -0.4 is 5.32 Å². The van der Waals surface area contributed by atoms with Crippen LogP contribution in [0.15, 0.2) is 0 Å². The molecule has 3 atom stereocenters. The van der Waals surface area contributed by atoms with E-state index in [0.29, 0.717) is 12.8 Å². The zero-order valence-electron chi connectivity index (χ0n) is 12.0. The highest BCUT2D eigenvalue weighted by Gasteiger charge is 2.31. The first-order chi connectivity index (χ1) is 9.82. The number of likely N-dealkylation sites (N-methyl/N-ethyl adjacent to an activating group) is 1. The minimum atomic E-state index is -1.28. The zero-order valence-corrected chi connectivity index (χ0v) is 12.0. The van der Waals surface area contributed by atoms with Crippen LogP contribution in [0.1, 0.15) is 38.5 Å². The lowest BCUT2D eigenvalue weighted by Gasteiger charge is -2.35. The van der Waals surface area contributed by atoms with E-state index in [1.54, 1.807) is 0 Å². The predicted octanol–water partition coefficient (Wildman–Crippen LogP) is 0.249. The van der Waals surface area contributed by atoms with Crippen molar-refractivity contribution in [1.29, 1.82) is 0 Å². The van der Waals surface area contributed by atoms with Crippen LogP contribution in [0.3, 0.4) is 0 Å². The van der Waals surface area contributed by atoms with Gasteiger partial charge in [0, 0.05) is 13.5 Å². The van der Waals surface area contributed by atoms with Crippen LogP contribution in [-0.4, -0.2) is 63.4 Å². The molecule has 1 rings (SSSR count). The molecular formula is C13H22N2O6. The van der Waals surface area contributed by atoms with Crippen LogP contribution in [0.2, 0.25) is 0 Å². The molecule has 0 spiro atoms. The summed E-state index contributed by atoms with van der Waals surface area (Å²) in [7, 11) is 1.50. The van der Waals surface area contributed by atoms with Crippen molar-refractivity contribution in [2.45, 2.75) is 56.7 Å². The summed E-state index contributed by atoms with van der Waals surface area (Å²) >= 11 is 0. The molecule has 0 aromatic carbocycles. The molecule has 1 aliphatic rings. The van der Waals surface area contributed by atoms with Gasteiger partial charge < -0.3 is 25.5 Å². The summed E-state index contributed by atoms with van der Waals surface area (Å²) in [4.78, 5) is 34.9. The zero-order chi connectivity index (χ0) is 16.0. The van der Waals surface area contributed by atoms with Gasteiger partial charge in [-0.25, -0.2) is 9.59 Å². The number of urea groups is 1. The summed E-state index contributed by atoms with van der Waals surface area (Å²) in [5.41, 5.74) is 0. The summed E-state index contributed by atoms with van der Waals surface area (Å²) in [6.45, 7) is 0. The summed E-state index contributed by atoms with van der Waals surface area (Å²) < 4.78 is 0. The van der Waals surface area contributed by atoms with E-state index >= 15 is 0 Å². The Morgan fingerprint density at radius 1 is 1.24 bits per heavy atom. The van der Waals surface area contributed by atoms with Gasteiger partial charge in [-0.05, 0) is 19.3 Å². The van der Waals surface area contributed by atoms with Crippen LogP contribution in [0.4, 0.5) is 4.79 Å². The van der Waals surface area contributed by atoms with E-state index < -0.39 is 30.1 Å². The van der Waals surface area contributed by atoms with E-state index in [2.05, 4.69) is 5.32 Å². The fraction of sp³-hybridized carbons (Fsp3) is 0.769. The topological polar surface area (TPSA) is 127 Å². The summed E-state index contributed by atoms with van der Waals surface area (Å²) in [6.07, 6.45) is 1.95. The van der Waals surface area contributed by atoms with Crippen molar-refractivity contribution in [3.8, 4) is 0 Å². The second kappa shape index (κ2) is 7.82. The maximum atomic E-state index is 12.0. The maximum Gasteiger partial charge on any atom is 0.326 e. The van der Waals surface area contributed by atoms with Gasteiger partial charge in [0.05, 0.1) is 12.1 Å². The van der Waals surface area contributed by atoms with E-state index in [4.69, 9.17) is 10.2 Å². The number of nitrogens with zero attached hydrogens (tertiary/aromatic N) is 1. The Bertz CT molecular complexity index is 400. The van der Waals surface area contributed by atoms with Crippen molar-refractivity contribution < 1.29 is 29.7 Å². The molecule has 4 N–H and O–H groups in total. The first kappa shape index (κ1) is 17.2. The number of rotatable bonds is 6. The van der Waals surface area contributed by atoms with Crippen molar-refractivity contribution >= 4 is 18.0 Å². The Hall–Kier alpha value is -1.83. The number of amides is 2. The maximum absolute atomic E-state index is 12.0. The van der Waals surface area contributed by atoms with Crippen LogP contribution in [0, 0.1) is 0 Å². The molecule has 8 heteroatoms. The van der Waals surface area contributed by atoms with Crippen LogP contribution >= 0.6 is 0 Å². The number of carboxylic acids is 2. The number of hydrogen-bond donors (Lipinski definition) is 4. The number of carbonyl (C=O) groups excluding carboxylic acids is 1. The van der Waals surface area contributed by atoms with Gasteiger partial charge in [0.2, 0.25) is 0 Å². The Morgan fingerprint density at radius 2 is 1.86 bits per heavy atom. The van der Waals surface area contributed by atoms with E-state index in [1.807, 2.05) is 0 Å². The molecule has 1 saturated carbocycles. The normalized spacial score (nSPS) is 23.1. The van der Waals surface area contributed by atoms with Crippen LogP contribution in [0.5, 0.6) is 0 Å². The van der Waals surface area contributed by atoms with E-state index in [0.717, 1.165) is 12.8 Å². The molecule has 21 heavy (non-hydrogen) atoms. The molecule has 0 bridgehead atoms. The number of aliphatic hydroxyl groups excluding tert-OH is 1. The van der Waals surface area contributed by atoms with Gasteiger partial charge in [0.15, 0.2) is 0 Å². The molecule has 0 radical (unpaired) electrons. The molecule has 120 valence electrons. The van der Waals surface area contributed by atoms with E-state index in [-0.39, 0.29) is 18.9 Å². The minimum absolute atomic E-state index is 0.183. The van der Waals surface area contributed by atoms with Gasteiger partial charge in [-0.2, -0.15) is 0 Å². The molecule has 2 amide bonds. The number of carbonyl (C=O) groups is 3. The fourth-order valence-electron chi connectivity index (χ4n) is 2.47. The van der Waals surface area contributed by atoms with E-state index in [9.17, 15) is 19.5 Å². The molecule has 0 aromatic rings. The molecular weight excluding hydrogens is 280 g/mol. The lowest BCUT2D eigenvalue weighted by molar-refractivity contribution is -0.140. The molecule has 0 aromatic heterocycles. The average Bonchev–Trinajstić information content (AvgIpc) is 2.42. The van der Waals surface area contributed by atoms with Crippen LogP contribution in [0.25, 0.3) is 0 Å². The van der Waals surface area contributed by atoms with Crippen molar-refractivity contribution in [2.75, 3.05) is 7.05 Å². The standard InChI is InChI=1S/C13H22N2O6/c1-15(9-4-2-3-5-10(9)16)13(21)14-8(12(19)20)6-7-11(17)18/h8-10,16H,2-7H2,1H3,(H,14,21)(H,17,18)(H,19,20). The Kier molecular flexibility index (Phi) is 6.41. The van der Waals surface area contributed by atoms with Crippen molar-refractivity contribution in [3.63, 3.8) is 0 Å². The van der Waals surface area contributed by atoms with Crippen molar-refractivity contribution in [1.82, 2.24) is 10.2 Å². The Labute approximate surface area is 122 Å². The minimum Gasteiger partial charge on any atom is -0.481 e. The van der Waals surface area contributed by atoms with Crippen molar-refractivity contribution in [2.24, 2.45) is 0 Å². The Morgan fingerprint density at radius 3 is 2.38 bits per heavy atom. The van der Waals surface area contributed by atoms with Crippen molar-refractivity contribution in [3.05, 3.63) is 0 Å². The predicted molar refractivity (Wildman–Crippen MR) is 72.9 cm³/mol. The second-order valence-corrected chi connectivity index (χ2v) is 5.30. The number of aliphatic hydroxyl groups is 1. The molecule has 0 heterocycles. The van der Waals surface area contributed by atoms with Gasteiger partial charge >= 0.3 is 18.0 Å². The highest BCUT2D eigenvalue weighted by atomic mass is 16.4. The summed E-state index contributed by atoms with van der Waals surface area (Å²) in [5.74, 6) is -2.39. The highest BCUT2D eigenvalue weighted by molar-refractivity contribution is 5.83. The second-order valence-electron chi connectivity index (χ2n) is 5.30. The number of nitrogens with one attached hydrogen (secondary N) is 1. The van der Waals surface area contributed by atoms with Gasteiger partial charge in [-0.3, -0.25) is 4.79 Å². The van der Waals surface area contributed by atoms with E-state index in [1.165, 1.54) is 11.9 Å². The number of aliphatic carboxylic acids is 2. The van der Waals surface area contributed by atoms with Crippen LogP contribution in [-0.2, 0) is 9.59 Å². The smallest absolute Gasteiger partial charge is 0.326 e. The third-order valence-electron chi connectivity index (χ3n) is 3.75. The van der Waals surface area contributed by atoms with Gasteiger partial charge in [-0.1, -0.05) is 12.8 Å². The lowest BCUT2D eigenvalue weighted by atomic mass is 9.92. The number of hydrogen-bond acceptors (Lipinski definition) is 4. The largest absolute Gasteiger partial charge is 0.481 e. The molecule has 0 aliphatic heterocycles. The average molecular weight is 302 g/mol. The third-order valence-corrected chi connectivity index (χ3v) is 3.75. The number of carboxylic acid groups (broad SMARTS) is 2. The molecule has 8 nitrogen and oxygen atoms in total. The quantitative estimate of drug-likeness (QED) is 0.557. The lowest BCUT2D eigenvalue weighted by Crippen LogP contribution is -2.53. The van der Waals surface area contributed by atoms with Gasteiger partial charge in [-0.15, -0.1) is 0 Å². The third kappa shape index (κ3) is 5.22. The molecule has 0 saturated heterocycles. The fourth-order valence-corrected chi connectivity index (χ4v) is 2.47. The first-order valence-electron chi connectivity index (χ1n) is 6.99. The summed E-state index contributed by atoms with van der Waals surface area (Å²) in [6, 6.07) is -2.21. The molecule has 1 aliphatic carbocycles. The Balaban J connectivity index is 2.59. The summed E-state index contributed by atoms with van der Waals surface area (Å²) in [5, 5.41) is 29.8. The SMILES string of the molecule is CN(C(=O)NC(CCC(=O)O)C(=O)O)C1CCCCC1O. The molecule has 1 fully saturated rings. The monoisotopic (exact) mass is 302 g/mol.